The van der Waals surface area contributed by atoms with Gasteiger partial charge >= 0.3 is 0 Å². The van der Waals surface area contributed by atoms with Gasteiger partial charge in [0.25, 0.3) is 0 Å². The molecule has 0 bridgehead atoms. The van der Waals surface area contributed by atoms with Crippen LogP contribution in [0.5, 0.6) is 0 Å². The van der Waals surface area contributed by atoms with Crippen LogP contribution < -0.4 is 4.90 Å². The molecule has 4 nitrogen and oxygen atoms in total. The predicted octanol–water partition coefficient (Wildman–Crippen LogP) is 13.6. The molecule has 0 aliphatic heterocycles. The summed E-state index contributed by atoms with van der Waals surface area (Å²) in [6.07, 6.45) is 3.73. The number of para-hydroxylation sites is 2. The zero-order valence-corrected chi connectivity index (χ0v) is 29.8. The van der Waals surface area contributed by atoms with Gasteiger partial charge in [0.05, 0.1) is 22.2 Å². The van der Waals surface area contributed by atoms with Gasteiger partial charge in [0.15, 0.2) is 0 Å². The van der Waals surface area contributed by atoms with Gasteiger partial charge in [-0.05, 0) is 93.3 Å². The van der Waals surface area contributed by atoms with Crippen LogP contribution in [0.3, 0.4) is 0 Å². The minimum absolute atomic E-state index is 0.922. The van der Waals surface area contributed by atoms with Crippen molar-refractivity contribution in [2.24, 2.45) is 0 Å². The van der Waals surface area contributed by atoms with Crippen molar-refractivity contribution in [2.75, 3.05) is 4.90 Å². The first kappa shape index (κ1) is 31.1. The van der Waals surface area contributed by atoms with Gasteiger partial charge in [-0.1, -0.05) is 121 Å². The summed E-state index contributed by atoms with van der Waals surface area (Å²) in [6, 6.07) is 64.9. The lowest BCUT2D eigenvalue weighted by Gasteiger charge is -2.26. The number of nitrogens with zero attached hydrogens (tertiary/aromatic N) is 4. The highest BCUT2D eigenvalue weighted by molar-refractivity contribution is 6.23. The molecule has 0 fully saturated rings. The maximum Gasteiger partial charge on any atom is 0.0970 e. The van der Waals surface area contributed by atoms with E-state index in [1.165, 1.54) is 26.9 Å². The largest absolute Gasteiger partial charge is 0.310 e. The Kier molecular flexibility index (Phi) is 7.14. The van der Waals surface area contributed by atoms with Gasteiger partial charge in [-0.25, -0.2) is 4.98 Å². The fourth-order valence-electron chi connectivity index (χ4n) is 8.28. The van der Waals surface area contributed by atoms with Crippen molar-refractivity contribution < 1.29 is 0 Å². The fourth-order valence-corrected chi connectivity index (χ4v) is 8.28. The summed E-state index contributed by atoms with van der Waals surface area (Å²) < 4.78 is 0. The van der Waals surface area contributed by atoms with E-state index in [9.17, 15) is 0 Å². The Morgan fingerprint density at radius 3 is 1.95 bits per heavy atom. The second-order valence-electron chi connectivity index (χ2n) is 14.0. The zero-order chi connectivity index (χ0) is 36.3. The normalized spacial score (nSPS) is 11.6. The van der Waals surface area contributed by atoms with E-state index < -0.39 is 0 Å². The Bertz CT molecular complexity index is 3260. The number of aromatic nitrogens is 3. The smallest absolute Gasteiger partial charge is 0.0970 e. The minimum Gasteiger partial charge on any atom is -0.310 e. The second kappa shape index (κ2) is 12.6. The van der Waals surface area contributed by atoms with Crippen LogP contribution in [0.15, 0.2) is 194 Å². The van der Waals surface area contributed by atoms with Crippen LogP contribution in [0.1, 0.15) is 0 Å². The average molecular weight is 701 g/mol. The first-order valence-corrected chi connectivity index (χ1v) is 18.6. The van der Waals surface area contributed by atoms with E-state index in [-0.39, 0.29) is 0 Å². The van der Waals surface area contributed by atoms with Crippen molar-refractivity contribution in [3.05, 3.63) is 194 Å². The molecule has 0 saturated heterocycles. The van der Waals surface area contributed by atoms with E-state index >= 15 is 0 Å². The van der Waals surface area contributed by atoms with E-state index in [4.69, 9.17) is 9.97 Å². The van der Waals surface area contributed by atoms with Crippen molar-refractivity contribution in [1.29, 1.82) is 0 Å². The third-order valence-corrected chi connectivity index (χ3v) is 10.9. The van der Waals surface area contributed by atoms with E-state index in [0.717, 1.165) is 77.5 Å². The maximum atomic E-state index is 5.30. The molecular weight excluding hydrogens is 669 g/mol. The lowest BCUT2D eigenvalue weighted by Crippen LogP contribution is -2.09. The summed E-state index contributed by atoms with van der Waals surface area (Å²) in [7, 11) is 0. The number of hydrogen-bond donors (Lipinski definition) is 0. The van der Waals surface area contributed by atoms with Crippen LogP contribution in [0.25, 0.3) is 87.4 Å². The molecule has 0 aliphatic rings. The Balaban J connectivity index is 1.05. The lowest BCUT2D eigenvalue weighted by molar-refractivity contribution is 1.29. The average Bonchev–Trinajstić information content (AvgIpc) is 3.26. The number of anilines is 3. The van der Waals surface area contributed by atoms with Gasteiger partial charge in [-0.15, -0.1) is 0 Å². The van der Waals surface area contributed by atoms with Crippen LogP contribution in [0, 0.1) is 0 Å². The molecule has 8 aromatic carbocycles. The number of hydrogen-bond acceptors (Lipinski definition) is 4. The van der Waals surface area contributed by atoms with Crippen molar-refractivity contribution in [1.82, 2.24) is 15.0 Å². The molecule has 0 radical (unpaired) electrons. The SMILES string of the molecule is c1ccc(N(c2ccc(-c3nc4ccccc4c4c3ccc3cc(-c5ccnc6c5ccc5cccnc56)ccc34)cc2)c2ccc3ccccc3c2)cc1. The summed E-state index contributed by atoms with van der Waals surface area (Å²) >= 11 is 0. The van der Waals surface area contributed by atoms with Crippen molar-refractivity contribution in [3.8, 4) is 22.4 Å². The lowest BCUT2D eigenvalue weighted by atomic mass is 9.92. The summed E-state index contributed by atoms with van der Waals surface area (Å²) in [4.78, 5) is 17.0. The molecule has 0 saturated carbocycles. The maximum absolute atomic E-state index is 5.30. The van der Waals surface area contributed by atoms with Crippen molar-refractivity contribution in [2.45, 2.75) is 0 Å². The molecule has 0 atom stereocenters. The Morgan fingerprint density at radius 2 is 1.04 bits per heavy atom. The van der Waals surface area contributed by atoms with Crippen LogP contribution in [-0.4, -0.2) is 15.0 Å². The summed E-state index contributed by atoms with van der Waals surface area (Å²) in [6.45, 7) is 0. The van der Waals surface area contributed by atoms with Gasteiger partial charge in [0, 0.05) is 62.0 Å². The van der Waals surface area contributed by atoms with Gasteiger partial charge in [-0.3, -0.25) is 9.97 Å². The Labute approximate surface area is 317 Å². The molecule has 256 valence electrons. The molecule has 0 N–H and O–H groups in total. The molecule has 11 rings (SSSR count). The molecule has 55 heavy (non-hydrogen) atoms. The Morgan fingerprint density at radius 1 is 0.364 bits per heavy atom. The first-order chi connectivity index (χ1) is 27.3. The number of fused-ring (bicyclic) bond motifs is 9. The predicted molar refractivity (Wildman–Crippen MR) is 230 cm³/mol. The van der Waals surface area contributed by atoms with Crippen LogP contribution in [0.4, 0.5) is 17.1 Å². The van der Waals surface area contributed by atoms with Crippen molar-refractivity contribution in [3.63, 3.8) is 0 Å². The van der Waals surface area contributed by atoms with E-state index in [1.807, 2.05) is 18.5 Å². The molecule has 11 aromatic rings. The monoisotopic (exact) mass is 700 g/mol. The number of pyridine rings is 3. The molecular formula is C51H32N4. The number of rotatable bonds is 5. The molecule has 0 aliphatic carbocycles. The molecule has 3 aromatic heterocycles. The van der Waals surface area contributed by atoms with E-state index in [0.29, 0.717) is 0 Å². The second-order valence-corrected chi connectivity index (χ2v) is 14.0. The van der Waals surface area contributed by atoms with Crippen LogP contribution >= 0.6 is 0 Å². The third kappa shape index (κ3) is 5.19. The number of benzene rings is 8. The van der Waals surface area contributed by atoms with E-state index in [2.05, 4.69) is 186 Å². The molecule has 0 spiro atoms. The van der Waals surface area contributed by atoms with Gasteiger partial charge in [0.1, 0.15) is 0 Å². The Hall–Kier alpha value is -7.43. The van der Waals surface area contributed by atoms with Gasteiger partial charge < -0.3 is 4.90 Å². The highest BCUT2D eigenvalue weighted by Gasteiger charge is 2.17. The zero-order valence-electron chi connectivity index (χ0n) is 29.8. The van der Waals surface area contributed by atoms with Crippen molar-refractivity contribution >= 4 is 82.1 Å². The summed E-state index contributed by atoms with van der Waals surface area (Å²) in [5, 5.41) is 10.5. The fraction of sp³-hybridized carbons (Fsp3) is 0. The van der Waals surface area contributed by atoms with E-state index in [1.54, 1.807) is 0 Å². The minimum atomic E-state index is 0.922. The van der Waals surface area contributed by atoms with Crippen LogP contribution in [0.2, 0.25) is 0 Å². The summed E-state index contributed by atoms with van der Waals surface area (Å²) in [5.41, 5.74) is 10.5. The highest BCUT2D eigenvalue weighted by Crippen LogP contribution is 2.41. The van der Waals surface area contributed by atoms with Gasteiger partial charge in [-0.2, -0.15) is 0 Å². The third-order valence-electron chi connectivity index (χ3n) is 10.9. The molecule has 0 amide bonds. The summed E-state index contributed by atoms with van der Waals surface area (Å²) in [5.74, 6) is 0. The van der Waals surface area contributed by atoms with Crippen LogP contribution in [-0.2, 0) is 0 Å². The van der Waals surface area contributed by atoms with Gasteiger partial charge in [0.2, 0.25) is 0 Å². The molecule has 0 unspecified atom stereocenters. The standard InChI is InChI=1S/C51H32N4/c1-2-12-39(13-3-1)55(41-24-16-33-9-4-5-10-36(33)32-41)40-22-17-35(18-23-40)49-46-27-21-38-31-37(20-25-43(38)48(46)45-14-6-7-15-47(45)54-49)42-28-30-53-51-44(42)26-19-34-11-8-29-52-50(34)51/h1-32H. The topological polar surface area (TPSA) is 41.9 Å². The highest BCUT2D eigenvalue weighted by atomic mass is 15.1. The molecule has 3 heterocycles. The molecule has 4 heteroatoms. The quantitative estimate of drug-likeness (QED) is 0.168. The first-order valence-electron chi connectivity index (χ1n) is 18.6.